The normalized spacial score (nSPS) is 11.4. The van der Waals surface area contributed by atoms with Crippen molar-refractivity contribution in [1.29, 1.82) is 0 Å². The van der Waals surface area contributed by atoms with E-state index in [1.165, 1.54) is 6.08 Å². The molecule has 2 rings (SSSR count). The predicted molar refractivity (Wildman–Crippen MR) is 120 cm³/mol. The first-order valence-corrected chi connectivity index (χ1v) is 10.3. The number of halogens is 2. The molecule has 0 saturated heterocycles. The van der Waals surface area contributed by atoms with E-state index in [1.807, 2.05) is 12.1 Å². The van der Waals surface area contributed by atoms with Crippen molar-refractivity contribution < 1.29 is 19.1 Å². The summed E-state index contributed by atoms with van der Waals surface area (Å²) in [5, 5.41) is 3.75. The smallest absolute Gasteiger partial charge is 0.349 e. The summed E-state index contributed by atoms with van der Waals surface area (Å²) in [4.78, 5) is 23.9. The van der Waals surface area contributed by atoms with Crippen LogP contribution in [0.25, 0.3) is 6.08 Å². The Bertz CT molecular complexity index is 908. The van der Waals surface area contributed by atoms with Crippen molar-refractivity contribution in [2.45, 2.75) is 32.8 Å². The van der Waals surface area contributed by atoms with Gasteiger partial charge in [0, 0.05) is 12.6 Å². The fourth-order valence-electron chi connectivity index (χ4n) is 2.54. The highest BCUT2D eigenvalue weighted by atomic mass is 35.5. The zero-order valence-corrected chi connectivity index (χ0v) is 18.7. The highest BCUT2D eigenvalue weighted by Gasteiger charge is 2.31. The second-order valence-corrected chi connectivity index (χ2v) is 7.84. The van der Waals surface area contributed by atoms with Crippen LogP contribution in [0.2, 0.25) is 10.0 Å². The Labute approximate surface area is 187 Å². The lowest BCUT2D eigenvalue weighted by atomic mass is 10.1. The standard InChI is InChI=1S/C23H25Cl2NO4/c1-4-29-22(28)23(2,3)30-18-9-5-16(6-10-18)13-14-26-21(27)12-8-17-7-11-19(24)20(25)15-17/h5-12,15H,4,13-14H2,1-3H3,(H,26,27)/b12-8+. The van der Waals surface area contributed by atoms with E-state index in [0.29, 0.717) is 35.4 Å². The summed E-state index contributed by atoms with van der Waals surface area (Å²) in [6.07, 6.45) is 3.79. The van der Waals surface area contributed by atoms with Crippen LogP contribution in [0.3, 0.4) is 0 Å². The molecule has 0 radical (unpaired) electrons. The van der Waals surface area contributed by atoms with Gasteiger partial charge in [0.1, 0.15) is 5.75 Å². The number of benzene rings is 2. The van der Waals surface area contributed by atoms with E-state index in [-0.39, 0.29) is 5.91 Å². The van der Waals surface area contributed by atoms with E-state index >= 15 is 0 Å². The highest BCUT2D eigenvalue weighted by molar-refractivity contribution is 6.42. The molecule has 30 heavy (non-hydrogen) atoms. The van der Waals surface area contributed by atoms with E-state index < -0.39 is 11.6 Å². The lowest BCUT2D eigenvalue weighted by molar-refractivity contribution is -0.158. The maximum atomic E-state index is 12.0. The molecule has 2 aromatic carbocycles. The van der Waals surface area contributed by atoms with Crippen LogP contribution in [0.5, 0.6) is 5.75 Å². The van der Waals surface area contributed by atoms with Crippen molar-refractivity contribution in [3.8, 4) is 5.75 Å². The summed E-state index contributed by atoms with van der Waals surface area (Å²) in [7, 11) is 0. The third-order valence-electron chi connectivity index (χ3n) is 4.15. The Morgan fingerprint density at radius 2 is 1.77 bits per heavy atom. The second kappa shape index (κ2) is 11.0. The van der Waals surface area contributed by atoms with E-state index in [9.17, 15) is 9.59 Å². The summed E-state index contributed by atoms with van der Waals surface area (Å²) in [5.41, 5.74) is 0.762. The van der Waals surface area contributed by atoms with Gasteiger partial charge in [0.15, 0.2) is 5.60 Å². The Kier molecular flexibility index (Phi) is 8.75. The first-order valence-electron chi connectivity index (χ1n) is 9.57. The van der Waals surface area contributed by atoms with Crippen molar-refractivity contribution in [3.05, 3.63) is 69.7 Å². The third-order valence-corrected chi connectivity index (χ3v) is 4.89. The molecule has 0 unspecified atom stereocenters. The van der Waals surface area contributed by atoms with Gasteiger partial charge in [0.25, 0.3) is 0 Å². The van der Waals surface area contributed by atoms with Gasteiger partial charge in [-0.3, -0.25) is 4.79 Å². The molecule has 7 heteroatoms. The molecule has 1 N–H and O–H groups in total. The summed E-state index contributed by atoms with van der Waals surface area (Å²) in [6.45, 7) is 5.88. The molecule has 0 spiro atoms. The minimum absolute atomic E-state index is 0.197. The van der Waals surface area contributed by atoms with Crippen LogP contribution < -0.4 is 10.1 Å². The van der Waals surface area contributed by atoms with Crippen molar-refractivity contribution in [2.75, 3.05) is 13.2 Å². The Morgan fingerprint density at radius 3 is 2.40 bits per heavy atom. The monoisotopic (exact) mass is 449 g/mol. The molecule has 2 aromatic rings. The molecule has 0 atom stereocenters. The molecule has 0 aliphatic rings. The Hall–Kier alpha value is -2.50. The maximum absolute atomic E-state index is 12.0. The van der Waals surface area contributed by atoms with Crippen LogP contribution in [-0.4, -0.2) is 30.6 Å². The highest BCUT2D eigenvalue weighted by Crippen LogP contribution is 2.23. The summed E-state index contributed by atoms with van der Waals surface area (Å²) in [5.74, 6) is -0.0340. The molecule has 0 aliphatic heterocycles. The van der Waals surface area contributed by atoms with Gasteiger partial charge in [-0.25, -0.2) is 4.79 Å². The summed E-state index contributed by atoms with van der Waals surface area (Å²) >= 11 is 11.8. The molecule has 1 amide bonds. The second-order valence-electron chi connectivity index (χ2n) is 7.02. The fourth-order valence-corrected chi connectivity index (χ4v) is 2.85. The lowest BCUT2D eigenvalue weighted by Crippen LogP contribution is -2.39. The molecule has 0 fully saturated rings. The number of nitrogens with one attached hydrogen (secondary N) is 1. The summed E-state index contributed by atoms with van der Waals surface area (Å²) in [6, 6.07) is 12.5. The topological polar surface area (TPSA) is 64.6 Å². The predicted octanol–water partition coefficient (Wildman–Crippen LogP) is 5.09. The first-order chi connectivity index (χ1) is 14.2. The quantitative estimate of drug-likeness (QED) is 0.427. The van der Waals surface area contributed by atoms with Crippen LogP contribution in [0.4, 0.5) is 0 Å². The van der Waals surface area contributed by atoms with Crippen LogP contribution in [0.1, 0.15) is 31.9 Å². The van der Waals surface area contributed by atoms with Gasteiger partial charge >= 0.3 is 5.97 Å². The van der Waals surface area contributed by atoms with Crippen molar-refractivity contribution in [3.63, 3.8) is 0 Å². The molecule has 0 saturated carbocycles. The van der Waals surface area contributed by atoms with Gasteiger partial charge in [-0.15, -0.1) is 0 Å². The van der Waals surface area contributed by atoms with Gasteiger partial charge in [-0.1, -0.05) is 41.4 Å². The summed E-state index contributed by atoms with van der Waals surface area (Å²) < 4.78 is 10.7. The molecule has 0 aromatic heterocycles. The fraction of sp³-hybridized carbons (Fsp3) is 0.304. The molecule has 0 heterocycles. The van der Waals surface area contributed by atoms with E-state index in [0.717, 1.165) is 11.1 Å². The van der Waals surface area contributed by atoms with E-state index in [2.05, 4.69) is 5.32 Å². The van der Waals surface area contributed by atoms with Crippen LogP contribution in [0, 0.1) is 0 Å². The molecular weight excluding hydrogens is 425 g/mol. The number of carbonyl (C=O) groups is 2. The van der Waals surface area contributed by atoms with Gasteiger partial charge in [0.05, 0.1) is 16.7 Å². The largest absolute Gasteiger partial charge is 0.476 e. The number of rotatable bonds is 9. The number of amides is 1. The minimum atomic E-state index is -1.06. The number of carbonyl (C=O) groups excluding carboxylic acids is 2. The minimum Gasteiger partial charge on any atom is -0.476 e. The maximum Gasteiger partial charge on any atom is 0.349 e. The van der Waals surface area contributed by atoms with Gasteiger partial charge < -0.3 is 14.8 Å². The number of hydrogen-bond acceptors (Lipinski definition) is 4. The zero-order chi connectivity index (χ0) is 22.1. The molecule has 0 aliphatic carbocycles. The number of ether oxygens (including phenoxy) is 2. The third kappa shape index (κ3) is 7.39. The van der Waals surface area contributed by atoms with E-state index in [1.54, 1.807) is 57.2 Å². The zero-order valence-electron chi connectivity index (χ0n) is 17.2. The van der Waals surface area contributed by atoms with Crippen molar-refractivity contribution >= 4 is 41.2 Å². The first kappa shape index (κ1) is 23.8. The average molecular weight is 450 g/mol. The van der Waals surface area contributed by atoms with Crippen molar-refractivity contribution in [2.24, 2.45) is 0 Å². The van der Waals surface area contributed by atoms with Crippen molar-refractivity contribution in [1.82, 2.24) is 5.32 Å². The van der Waals surface area contributed by atoms with Gasteiger partial charge in [-0.05, 0) is 68.7 Å². The van der Waals surface area contributed by atoms with Gasteiger partial charge in [0.2, 0.25) is 5.91 Å². The number of esters is 1. The molecule has 0 bridgehead atoms. The Balaban J connectivity index is 1.80. The Morgan fingerprint density at radius 1 is 1.07 bits per heavy atom. The van der Waals surface area contributed by atoms with Crippen LogP contribution in [-0.2, 0) is 20.7 Å². The molecular formula is C23H25Cl2NO4. The van der Waals surface area contributed by atoms with Crippen LogP contribution >= 0.6 is 23.2 Å². The number of hydrogen-bond donors (Lipinski definition) is 1. The molecule has 160 valence electrons. The molecule has 5 nitrogen and oxygen atoms in total. The lowest BCUT2D eigenvalue weighted by Gasteiger charge is -2.24. The van der Waals surface area contributed by atoms with Crippen LogP contribution in [0.15, 0.2) is 48.5 Å². The van der Waals surface area contributed by atoms with Gasteiger partial charge in [-0.2, -0.15) is 0 Å². The average Bonchev–Trinajstić information content (AvgIpc) is 2.70. The SMILES string of the molecule is CCOC(=O)C(C)(C)Oc1ccc(CCNC(=O)/C=C/c2ccc(Cl)c(Cl)c2)cc1. The van der Waals surface area contributed by atoms with E-state index in [4.69, 9.17) is 32.7 Å².